The van der Waals surface area contributed by atoms with E-state index < -0.39 is 0 Å². The quantitative estimate of drug-likeness (QED) is 0.454. The maximum atomic E-state index is 3.77. The minimum absolute atomic E-state index is 1.72. The summed E-state index contributed by atoms with van der Waals surface area (Å²) in [5, 5.41) is 0. The van der Waals surface area contributed by atoms with Gasteiger partial charge in [0.05, 0.1) is 0 Å². The predicted molar refractivity (Wildman–Crippen MR) is 24.8 cm³/mol. The van der Waals surface area contributed by atoms with Crippen LogP contribution in [-0.2, 0) is 0 Å². The summed E-state index contributed by atoms with van der Waals surface area (Å²) in [6, 6.07) is 0. The van der Waals surface area contributed by atoms with E-state index >= 15 is 0 Å². The molecule has 32 valence electrons. The molecule has 1 aromatic rings. The second kappa shape index (κ2) is 1.45. The van der Waals surface area contributed by atoms with E-state index in [0.717, 1.165) is 0 Å². The van der Waals surface area contributed by atoms with Crippen molar-refractivity contribution in [3.8, 4) is 0 Å². The summed E-state index contributed by atoms with van der Waals surface area (Å²) >= 11 is 2.34. The van der Waals surface area contributed by atoms with E-state index in [9.17, 15) is 0 Å². The van der Waals surface area contributed by atoms with E-state index in [2.05, 4.69) is 21.2 Å². The van der Waals surface area contributed by atoms with Gasteiger partial charge in [0.1, 0.15) is 0 Å². The number of rotatable bonds is 0. The van der Waals surface area contributed by atoms with Gasteiger partial charge in [-0.3, -0.25) is 0 Å². The molecule has 1 aromatic heterocycles. The van der Waals surface area contributed by atoms with Gasteiger partial charge >= 0.3 is 43.5 Å². The van der Waals surface area contributed by atoms with E-state index in [1.54, 1.807) is 12.5 Å². The molecule has 0 N–H and O–H groups in total. The van der Waals surface area contributed by atoms with Crippen LogP contribution in [-0.4, -0.2) is 24.8 Å². The Morgan fingerprint density at radius 2 is 2.50 bits per heavy atom. The molecule has 0 amide bonds. The molecule has 0 atom stereocenters. The third kappa shape index (κ3) is 0.614. The van der Waals surface area contributed by atoms with Gasteiger partial charge in [0.25, 0.3) is 0 Å². The Hall–Kier alpha value is -0.271. The van der Waals surface area contributed by atoms with Crippen LogP contribution in [0.5, 0.6) is 0 Å². The van der Waals surface area contributed by atoms with Crippen LogP contribution in [0.4, 0.5) is 0 Å². The molecule has 0 saturated heterocycles. The average molecular weight is 147 g/mol. The number of nitrogens with zero attached hydrogens (tertiary/aromatic N) is 2. The van der Waals surface area contributed by atoms with Crippen LogP contribution in [0.1, 0.15) is 0 Å². The predicted octanol–water partition coefficient (Wildman–Crippen LogP) is -0.453. The molecule has 6 heavy (non-hydrogen) atoms. The molecule has 2 nitrogen and oxygen atoms in total. The topological polar surface area (TPSA) is 17.8 Å². The number of aromatic nitrogens is 2. The summed E-state index contributed by atoms with van der Waals surface area (Å²) in [5.74, 6) is 0. The van der Waals surface area contributed by atoms with Crippen molar-refractivity contribution < 1.29 is 0 Å². The number of imidazole rings is 1. The Morgan fingerprint density at radius 3 is 2.67 bits per heavy atom. The van der Waals surface area contributed by atoms with Gasteiger partial charge in [-0.1, -0.05) is 0 Å². The summed E-state index contributed by atoms with van der Waals surface area (Å²) < 4.78 is 1.83. The Kier molecular flexibility index (Phi) is 0.945. The Balaban J connectivity index is 3.05. The van der Waals surface area contributed by atoms with Crippen molar-refractivity contribution in [2.24, 2.45) is 0 Å². The van der Waals surface area contributed by atoms with Crippen LogP contribution in [0.25, 0.3) is 0 Å². The molecule has 0 aromatic carbocycles. The van der Waals surface area contributed by atoms with E-state index in [0.29, 0.717) is 0 Å². The first kappa shape index (κ1) is 3.90. The van der Waals surface area contributed by atoms with Crippen molar-refractivity contribution in [1.29, 1.82) is 0 Å². The van der Waals surface area contributed by atoms with Crippen LogP contribution in [0.3, 0.4) is 0 Å². The Labute approximate surface area is 44.2 Å². The fraction of sp³-hybridized carbons (Fsp3) is 0. The maximum absolute atomic E-state index is 3.77. The second-order valence-corrected chi connectivity index (χ2v) is 1.91. The van der Waals surface area contributed by atoms with Gasteiger partial charge in [-0.05, 0) is 0 Å². The van der Waals surface area contributed by atoms with E-state index in [4.69, 9.17) is 0 Å². The van der Waals surface area contributed by atoms with Crippen molar-refractivity contribution in [3.63, 3.8) is 0 Å². The van der Waals surface area contributed by atoms with Gasteiger partial charge in [0, 0.05) is 0 Å². The zero-order valence-corrected chi connectivity index (χ0v) is 4.95. The van der Waals surface area contributed by atoms with E-state index in [1.165, 1.54) is 0 Å². The molecule has 3 heteroatoms. The summed E-state index contributed by atoms with van der Waals surface area (Å²) in [6.45, 7) is 0. The third-order valence-corrected chi connectivity index (χ3v) is 0.987. The molecule has 0 radical (unpaired) electrons. The van der Waals surface area contributed by atoms with Crippen LogP contribution < -0.4 is 0 Å². The Morgan fingerprint density at radius 1 is 1.67 bits per heavy atom. The van der Waals surface area contributed by atoms with E-state index in [-0.39, 0.29) is 0 Å². The molecule has 0 saturated carbocycles. The van der Waals surface area contributed by atoms with Crippen LogP contribution >= 0.6 is 0 Å². The molecular weight excluding hydrogens is 143 g/mol. The molecule has 1 heterocycles. The molecule has 1 rings (SSSR count). The minimum atomic E-state index is 1.72. The van der Waals surface area contributed by atoms with Gasteiger partial charge in [0.15, 0.2) is 0 Å². The van der Waals surface area contributed by atoms with Gasteiger partial charge in [-0.2, -0.15) is 0 Å². The Bertz CT molecular complexity index is 112. The van der Waals surface area contributed by atoms with Gasteiger partial charge in [-0.25, -0.2) is 0 Å². The summed E-state index contributed by atoms with van der Waals surface area (Å²) in [4.78, 5) is 3.77. The molecule has 0 fully saturated rings. The monoisotopic (exact) mass is 148 g/mol. The SMILES string of the molecule is [SeH]n1ccnc1. The van der Waals surface area contributed by atoms with Crippen molar-refractivity contribution >= 4 is 16.2 Å². The average Bonchev–Trinajstić information content (AvgIpc) is 1.86. The van der Waals surface area contributed by atoms with Crippen LogP contribution in [0.2, 0.25) is 0 Å². The summed E-state index contributed by atoms with van der Waals surface area (Å²) in [5.41, 5.74) is 0. The van der Waals surface area contributed by atoms with Crippen molar-refractivity contribution in [2.75, 3.05) is 0 Å². The first-order valence-electron chi connectivity index (χ1n) is 1.57. The third-order valence-electron chi connectivity index (χ3n) is 0.490. The molecule has 0 unspecified atom stereocenters. The molecule has 0 spiro atoms. The first-order valence-corrected chi connectivity index (χ1v) is 2.41. The number of hydrogen-bond acceptors (Lipinski definition) is 1. The summed E-state index contributed by atoms with van der Waals surface area (Å²) in [7, 11) is 0. The van der Waals surface area contributed by atoms with Crippen molar-refractivity contribution in [3.05, 3.63) is 18.7 Å². The normalized spacial score (nSPS) is 8.83. The first-order chi connectivity index (χ1) is 2.89. The molecule has 0 aliphatic carbocycles. The van der Waals surface area contributed by atoms with Gasteiger partial charge < -0.3 is 0 Å². The zero-order valence-electron chi connectivity index (χ0n) is 3.07. The number of hydrogen-bond donors (Lipinski definition) is 0. The standard InChI is InChI=1S/C3H4N2Se/c6-5-2-1-4-3-5/h1-3,6H. The van der Waals surface area contributed by atoms with Crippen LogP contribution in [0.15, 0.2) is 18.7 Å². The van der Waals surface area contributed by atoms with Crippen molar-refractivity contribution in [1.82, 2.24) is 8.57 Å². The zero-order chi connectivity index (χ0) is 4.41. The fourth-order valence-corrected chi connectivity index (χ4v) is 0.502. The molecular formula is C3H4N2Se. The molecule has 0 bridgehead atoms. The van der Waals surface area contributed by atoms with Gasteiger partial charge in [-0.15, -0.1) is 0 Å². The van der Waals surface area contributed by atoms with Gasteiger partial charge in [0.2, 0.25) is 0 Å². The van der Waals surface area contributed by atoms with E-state index in [1.807, 2.05) is 9.78 Å². The van der Waals surface area contributed by atoms with Crippen molar-refractivity contribution in [2.45, 2.75) is 0 Å². The molecule has 0 aliphatic rings. The summed E-state index contributed by atoms with van der Waals surface area (Å²) in [6.07, 6.45) is 5.32. The molecule has 0 aliphatic heterocycles. The fourth-order valence-electron chi connectivity index (χ4n) is 0.252. The second-order valence-electron chi connectivity index (χ2n) is 0.943. The van der Waals surface area contributed by atoms with Crippen LogP contribution in [0, 0.1) is 0 Å².